The van der Waals surface area contributed by atoms with E-state index in [2.05, 4.69) is 6.07 Å². The van der Waals surface area contributed by atoms with E-state index >= 15 is 0 Å². The predicted molar refractivity (Wildman–Crippen MR) is 102 cm³/mol. The summed E-state index contributed by atoms with van der Waals surface area (Å²) in [6, 6.07) is 7.88. The number of rotatable bonds is 5. The maximum atomic E-state index is 12.0. The number of benzene rings is 1. The van der Waals surface area contributed by atoms with Gasteiger partial charge in [-0.25, -0.2) is 14.3 Å². The maximum Gasteiger partial charge on any atom is 0.367 e. The SMILES string of the molecule is CO[PH](=O)Oc1ccccc1C1(C2C3CC4CC(C3)CC2C4)CCCOO1. The van der Waals surface area contributed by atoms with Crippen molar-refractivity contribution < 1.29 is 23.4 Å². The third-order valence-corrected chi connectivity index (χ3v) is 8.17. The molecule has 5 aliphatic rings. The van der Waals surface area contributed by atoms with Crippen LogP contribution in [0.3, 0.4) is 0 Å². The lowest BCUT2D eigenvalue weighted by Gasteiger charge is -2.59. The summed E-state index contributed by atoms with van der Waals surface area (Å²) in [7, 11) is -1.15. The molecule has 6 heteroatoms. The predicted octanol–water partition coefficient (Wildman–Crippen LogP) is 5.11. The minimum absolute atomic E-state index is 0.445. The Kier molecular flexibility index (Phi) is 4.84. The van der Waals surface area contributed by atoms with Crippen molar-refractivity contribution in [2.75, 3.05) is 13.7 Å². The van der Waals surface area contributed by atoms with Gasteiger partial charge in [0, 0.05) is 18.6 Å². The average molecular weight is 392 g/mol. The molecule has 4 aliphatic carbocycles. The summed E-state index contributed by atoms with van der Waals surface area (Å²) in [4.78, 5) is 11.8. The lowest BCUT2D eigenvalue weighted by molar-refractivity contribution is -0.414. The lowest BCUT2D eigenvalue weighted by atomic mass is 9.47. The highest BCUT2D eigenvalue weighted by atomic mass is 31.1. The van der Waals surface area contributed by atoms with E-state index in [1.165, 1.54) is 39.2 Å². The van der Waals surface area contributed by atoms with Gasteiger partial charge in [-0.1, -0.05) is 18.2 Å². The molecule has 0 spiro atoms. The largest absolute Gasteiger partial charge is 0.426 e. The minimum Gasteiger partial charge on any atom is -0.426 e. The first-order chi connectivity index (χ1) is 13.2. The zero-order valence-electron chi connectivity index (χ0n) is 15.9. The van der Waals surface area contributed by atoms with E-state index in [9.17, 15) is 4.57 Å². The highest BCUT2D eigenvalue weighted by molar-refractivity contribution is 7.33. The average Bonchev–Trinajstić information content (AvgIpc) is 2.68. The fourth-order valence-electron chi connectivity index (χ4n) is 6.89. The first-order valence-corrected chi connectivity index (χ1v) is 11.6. The second-order valence-electron chi connectivity index (χ2n) is 8.91. The summed E-state index contributed by atoms with van der Waals surface area (Å²) in [6.45, 7) is 0.632. The molecule has 0 aromatic heterocycles. The van der Waals surface area contributed by atoms with E-state index < -0.39 is 13.9 Å². The highest BCUT2D eigenvalue weighted by Crippen LogP contribution is 2.63. The molecule has 27 heavy (non-hydrogen) atoms. The van der Waals surface area contributed by atoms with Crippen molar-refractivity contribution in [3.8, 4) is 5.75 Å². The van der Waals surface area contributed by atoms with Crippen LogP contribution in [0.25, 0.3) is 0 Å². The van der Waals surface area contributed by atoms with E-state index in [0.717, 1.165) is 30.2 Å². The molecular formula is C21H29O5P. The Bertz CT molecular complexity index is 686. The summed E-state index contributed by atoms with van der Waals surface area (Å²) in [5, 5.41) is 0. The highest BCUT2D eigenvalue weighted by Gasteiger charge is 2.58. The molecule has 6 rings (SSSR count). The van der Waals surface area contributed by atoms with E-state index in [0.29, 0.717) is 30.1 Å². The zero-order valence-corrected chi connectivity index (χ0v) is 16.9. The lowest BCUT2D eigenvalue weighted by Crippen LogP contribution is -2.55. The van der Waals surface area contributed by atoms with Gasteiger partial charge in [0.2, 0.25) is 0 Å². The first kappa shape index (κ1) is 18.2. The standard InChI is InChI=1S/C21H29O5P/c1-23-27(22)25-19-6-3-2-5-18(19)21(7-4-8-24-26-21)20-16-10-14-9-15(12-16)13-17(20)11-14/h2-3,5-6,14-17,20,27H,4,7-13H2,1H3. The summed E-state index contributed by atoms with van der Waals surface area (Å²) in [5.74, 6) is 4.25. The molecule has 148 valence electrons. The smallest absolute Gasteiger partial charge is 0.367 e. The van der Waals surface area contributed by atoms with Crippen molar-refractivity contribution >= 4 is 8.25 Å². The quantitative estimate of drug-likeness (QED) is 0.515. The van der Waals surface area contributed by atoms with Crippen LogP contribution < -0.4 is 4.52 Å². The molecule has 1 aliphatic heterocycles. The fourth-order valence-corrected chi connectivity index (χ4v) is 7.33. The van der Waals surface area contributed by atoms with Crippen LogP contribution in [0.4, 0.5) is 0 Å². The molecule has 0 radical (unpaired) electrons. The van der Waals surface area contributed by atoms with Crippen LogP contribution in [0.15, 0.2) is 24.3 Å². The second kappa shape index (κ2) is 7.18. The van der Waals surface area contributed by atoms with Gasteiger partial charge in [0.15, 0.2) is 0 Å². The molecule has 0 N–H and O–H groups in total. The Balaban J connectivity index is 1.57. The zero-order chi connectivity index (χ0) is 18.4. The molecule has 1 heterocycles. The number of hydrogen-bond donors (Lipinski definition) is 0. The summed E-state index contributed by atoms with van der Waals surface area (Å²) in [5.41, 5.74) is 0.477. The Morgan fingerprint density at radius 3 is 2.41 bits per heavy atom. The maximum absolute atomic E-state index is 12.0. The molecule has 4 bridgehead atoms. The van der Waals surface area contributed by atoms with Crippen LogP contribution in [0.5, 0.6) is 5.75 Å². The van der Waals surface area contributed by atoms with E-state index in [4.69, 9.17) is 18.8 Å². The van der Waals surface area contributed by atoms with Gasteiger partial charge in [-0.2, -0.15) is 0 Å². The number of para-hydroxylation sites is 1. The van der Waals surface area contributed by atoms with Gasteiger partial charge >= 0.3 is 8.25 Å². The minimum atomic E-state index is -2.56. The summed E-state index contributed by atoms with van der Waals surface area (Å²) in [6.07, 6.45) is 8.60. The van der Waals surface area contributed by atoms with Crippen molar-refractivity contribution in [1.82, 2.24) is 0 Å². The van der Waals surface area contributed by atoms with Crippen LogP contribution in [0.2, 0.25) is 0 Å². The number of hydrogen-bond acceptors (Lipinski definition) is 5. The van der Waals surface area contributed by atoms with Crippen LogP contribution in [-0.4, -0.2) is 13.7 Å². The van der Waals surface area contributed by atoms with Gasteiger partial charge in [0.25, 0.3) is 0 Å². The normalized spacial score (nSPS) is 41.4. The van der Waals surface area contributed by atoms with Crippen molar-refractivity contribution in [2.24, 2.45) is 29.6 Å². The van der Waals surface area contributed by atoms with E-state index in [-0.39, 0.29) is 0 Å². The Morgan fingerprint density at radius 2 is 1.78 bits per heavy atom. The molecule has 2 unspecified atom stereocenters. The molecule has 0 amide bonds. The first-order valence-electron chi connectivity index (χ1n) is 10.4. The molecule has 4 saturated carbocycles. The van der Waals surface area contributed by atoms with Crippen molar-refractivity contribution in [3.63, 3.8) is 0 Å². The van der Waals surface area contributed by atoms with Gasteiger partial charge in [-0.15, -0.1) is 0 Å². The fraction of sp³-hybridized carbons (Fsp3) is 0.714. The molecule has 5 fully saturated rings. The van der Waals surface area contributed by atoms with Crippen LogP contribution in [-0.2, 0) is 24.5 Å². The van der Waals surface area contributed by atoms with Crippen molar-refractivity contribution in [3.05, 3.63) is 29.8 Å². The molecule has 2 atom stereocenters. The molecule has 1 saturated heterocycles. The Hall–Kier alpha value is -0.870. The van der Waals surface area contributed by atoms with Crippen molar-refractivity contribution in [1.29, 1.82) is 0 Å². The van der Waals surface area contributed by atoms with E-state index in [1.807, 2.05) is 18.2 Å². The molecule has 5 nitrogen and oxygen atoms in total. The Labute approximate surface area is 161 Å². The van der Waals surface area contributed by atoms with Crippen molar-refractivity contribution in [2.45, 2.75) is 50.5 Å². The van der Waals surface area contributed by atoms with Gasteiger partial charge in [0.1, 0.15) is 11.4 Å². The summed E-state index contributed by atoms with van der Waals surface area (Å²) < 4.78 is 22.6. The second-order valence-corrected chi connectivity index (χ2v) is 10.0. The third kappa shape index (κ3) is 3.07. The van der Waals surface area contributed by atoms with Gasteiger partial charge < -0.3 is 9.05 Å². The van der Waals surface area contributed by atoms with Gasteiger partial charge in [0.05, 0.1) is 6.61 Å². The molecule has 1 aromatic rings. The monoisotopic (exact) mass is 392 g/mol. The third-order valence-electron chi connectivity index (χ3n) is 7.45. The van der Waals surface area contributed by atoms with Crippen LogP contribution in [0.1, 0.15) is 50.5 Å². The van der Waals surface area contributed by atoms with Gasteiger partial charge in [-0.05, 0) is 74.7 Å². The molecule has 1 aromatic carbocycles. The van der Waals surface area contributed by atoms with Crippen LogP contribution in [0, 0.1) is 29.6 Å². The van der Waals surface area contributed by atoms with Gasteiger partial charge in [-0.3, -0.25) is 0 Å². The van der Waals surface area contributed by atoms with E-state index in [1.54, 1.807) is 0 Å². The summed E-state index contributed by atoms with van der Waals surface area (Å²) >= 11 is 0. The van der Waals surface area contributed by atoms with Crippen LogP contribution >= 0.6 is 8.25 Å². The Morgan fingerprint density at radius 1 is 1.07 bits per heavy atom. The molecular weight excluding hydrogens is 363 g/mol. The topological polar surface area (TPSA) is 54.0 Å².